The summed E-state index contributed by atoms with van der Waals surface area (Å²) in [5, 5.41) is 0. The summed E-state index contributed by atoms with van der Waals surface area (Å²) in [5.74, 6) is 0.736. The van der Waals surface area contributed by atoms with Crippen molar-refractivity contribution in [1.82, 2.24) is 4.90 Å². The average molecular weight is 288 g/mol. The van der Waals surface area contributed by atoms with E-state index in [1.807, 2.05) is 0 Å². The smallest absolute Gasteiger partial charge is 0.0237 e. The quantitative estimate of drug-likeness (QED) is 0.914. The summed E-state index contributed by atoms with van der Waals surface area (Å²) in [7, 11) is 0. The van der Waals surface area contributed by atoms with E-state index in [2.05, 4.69) is 57.7 Å². The Morgan fingerprint density at radius 2 is 1.90 bits per heavy atom. The zero-order valence-corrected chi connectivity index (χ0v) is 14.4. The monoisotopic (exact) mass is 288 g/mol. The summed E-state index contributed by atoms with van der Waals surface area (Å²) in [6.45, 7) is 14.7. The van der Waals surface area contributed by atoms with Gasteiger partial charge < -0.3 is 5.73 Å². The molecule has 2 heteroatoms. The Labute approximate surface area is 130 Å². The molecule has 2 N–H and O–H groups in total. The summed E-state index contributed by atoms with van der Waals surface area (Å²) in [6, 6.07) is 7.12. The molecule has 0 amide bonds. The van der Waals surface area contributed by atoms with Gasteiger partial charge in [0, 0.05) is 25.7 Å². The van der Waals surface area contributed by atoms with Crippen LogP contribution in [0, 0.1) is 25.2 Å². The molecule has 0 saturated carbocycles. The third-order valence-electron chi connectivity index (χ3n) is 4.44. The predicted octanol–water partition coefficient (Wildman–Crippen LogP) is 3.89. The van der Waals surface area contributed by atoms with Crippen molar-refractivity contribution in [2.24, 2.45) is 17.1 Å². The number of hydrogen-bond donors (Lipinski definition) is 1. The predicted molar refractivity (Wildman–Crippen MR) is 91.3 cm³/mol. The molecular formula is C19H32N2. The van der Waals surface area contributed by atoms with Gasteiger partial charge in [-0.2, -0.15) is 0 Å². The van der Waals surface area contributed by atoms with Crippen molar-refractivity contribution >= 4 is 0 Å². The molecule has 1 aromatic carbocycles. The van der Waals surface area contributed by atoms with Gasteiger partial charge in [0.1, 0.15) is 0 Å². The van der Waals surface area contributed by atoms with Crippen molar-refractivity contribution in [3.63, 3.8) is 0 Å². The van der Waals surface area contributed by atoms with Crippen LogP contribution < -0.4 is 5.73 Å². The molecule has 0 bridgehead atoms. The Bertz CT molecular complexity index is 473. The van der Waals surface area contributed by atoms with E-state index in [4.69, 9.17) is 5.73 Å². The molecule has 1 aliphatic heterocycles. The lowest BCUT2D eigenvalue weighted by Crippen LogP contribution is -2.47. The van der Waals surface area contributed by atoms with Crippen LogP contribution in [0.4, 0.5) is 0 Å². The highest BCUT2D eigenvalue weighted by Gasteiger charge is 2.28. The van der Waals surface area contributed by atoms with E-state index in [1.165, 1.54) is 36.1 Å². The van der Waals surface area contributed by atoms with Crippen LogP contribution in [-0.2, 0) is 6.54 Å². The Kier molecular flexibility index (Phi) is 5.11. The molecule has 2 rings (SSSR count). The Morgan fingerprint density at radius 3 is 2.52 bits per heavy atom. The van der Waals surface area contributed by atoms with E-state index in [1.54, 1.807) is 0 Å². The topological polar surface area (TPSA) is 29.3 Å². The van der Waals surface area contributed by atoms with Crippen LogP contribution >= 0.6 is 0 Å². The number of nitrogens with two attached hydrogens (primary N) is 1. The zero-order chi connectivity index (χ0) is 15.6. The van der Waals surface area contributed by atoms with E-state index < -0.39 is 0 Å². The molecular weight excluding hydrogens is 256 g/mol. The number of benzene rings is 1. The molecule has 2 unspecified atom stereocenters. The molecule has 2 nitrogen and oxygen atoms in total. The van der Waals surface area contributed by atoms with E-state index in [0.29, 0.717) is 11.5 Å². The van der Waals surface area contributed by atoms with Crippen LogP contribution in [0.15, 0.2) is 18.2 Å². The van der Waals surface area contributed by atoms with Gasteiger partial charge in [-0.05, 0) is 49.1 Å². The van der Waals surface area contributed by atoms with E-state index >= 15 is 0 Å². The van der Waals surface area contributed by atoms with Gasteiger partial charge in [-0.1, -0.05) is 44.5 Å². The van der Waals surface area contributed by atoms with Crippen molar-refractivity contribution in [3.8, 4) is 0 Å². The highest BCUT2D eigenvalue weighted by molar-refractivity contribution is 5.30. The van der Waals surface area contributed by atoms with Gasteiger partial charge in [0.25, 0.3) is 0 Å². The Balaban J connectivity index is 2.02. The summed E-state index contributed by atoms with van der Waals surface area (Å²) >= 11 is 0. The first-order valence-electron chi connectivity index (χ1n) is 8.27. The van der Waals surface area contributed by atoms with Crippen molar-refractivity contribution in [3.05, 3.63) is 34.9 Å². The molecule has 2 atom stereocenters. The van der Waals surface area contributed by atoms with Crippen molar-refractivity contribution in [1.29, 1.82) is 0 Å². The molecule has 0 radical (unpaired) electrons. The second-order valence-electron chi connectivity index (χ2n) is 8.25. The fourth-order valence-electron chi connectivity index (χ4n) is 3.76. The van der Waals surface area contributed by atoms with Gasteiger partial charge >= 0.3 is 0 Å². The van der Waals surface area contributed by atoms with E-state index in [-0.39, 0.29) is 0 Å². The van der Waals surface area contributed by atoms with Crippen molar-refractivity contribution in [2.45, 2.75) is 60.0 Å². The number of aryl methyl sites for hydroxylation is 2. The molecule has 0 aromatic heterocycles. The van der Waals surface area contributed by atoms with Gasteiger partial charge in [-0.25, -0.2) is 0 Å². The van der Waals surface area contributed by atoms with Crippen LogP contribution in [0.3, 0.4) is 0 Å². The lowest BCUT2D eigenvalue weighted by Gasteiger charge is -2.39. The summed E-state index contributed by atoms with van der Waals surface area (Å²) in [5.41, 5.74) is 10.9. The summed E-state index contributed by atoms with van der Waals surface area (Å²) < 4.78 is 0. The molecule has 0 spiro atoms. The van der Waals surface area contributed by atoms with Crippen LogP contribution in [0.25, 0.3) is 0 Å². The third-order valence-corrected chi connectivity index (χ3v) is 4.44. The standard InChI is InChI=1S/C19H32N2/c1-14-6-7-17(15(2)8-14)12-21-11-16(9-18(20)13-21)10-19(3,4)5/h6-8,16,18H,9-13,20H2,1-5H3. The fraction of sp³-hybridized carbons (Fsp3) is 0.684. The minimum absolute atomic E-state index is 0.330. The number of likely N-dealkylation sites (tertiary alicyclic amines) is 1. The molecule has 1 aromatic rings. The third kappa shape index (κ3) is 5.12. The maximum atomic E-state index is 6.31. The highest BCUT2D eigenvalue weighted by Crippen LogP contribution is 2.30. The fourth-order valence-corrected chi connectivity index (χ4v) is 3.76. The average Bonchev–Trinajstić information content (AvgIpc) is 2.29. The molecule has 1 heterocycles. The lowest BCUT2D eigenvalue weighted by molar-refractivity contribution is 0.120. The second kappa shape index (κ2) is 6.50. The van der Waals surface area contributed by atoms with Gasteiger partial charge in [-0.15, -0.1) is 0 Å². The van der Waals surface area contributed by atoms with Gasteiger partial charge in [0.2, 0.25) is 0 Å². The van der Waals surface area contributed by atoms with Gasteiger partial charge in [-0.3, -0.25) is 4.90 Å². The maximum absolute atomic E-state index is 6.31. The SMILES string of the molecule is Cc1ccc(CN2CC(N)CC(CC(C)(C)C)C2)c(C)c1. The number of piperidine rings is 1. The normalized spacial score (nSPS) is 24.3. The Hall–Kier alpha value is -0.860. The van der Waals surface area contributed by atoms with Crippen LogP contribution in [-0.4, -0.2) is 24.0 Å². The molecule has 1 fully saturated rings. The lowest BCUT2D eigenvalue weighted by atomic mass is 9.80. The molecule has 118 valence electrons. The largest absolute Gasteiger partial charge is 0.327 e. The number of hydrogen-bond acceptors (Lipinski definition) is 2. The summed E-state index contributed by atoms with van der Waals surface area (Å²) in [6.07, 6.45) is 2.45. The minimum atomic E-state index is 0.330. The van der Waals surface area contributed by atoms with Crippen molar-refractivity contribution in [2.75, 3.05) is 13.1 Å². The number of rotatable bonds is 3. The zero-order valence-electron chi connectivity index (χ0n) is 14.4. The molecule has 1 aliphatic rings. The maximum Gasteiger partial charge on any atom is 0.0237 e. The first-order chi connectivity index (χ1) is 9.73. The highest BCUT2D eigenvalue weighted by atomic mass is 15.1. The minimum Gasteiger partial charge on any atom is -0.327 e. The van der Waals surface area contributed by atoms with Crippen LogP contribution in [0.1, 0.15) is 50.3 Å². The second-order valence-corrected chi connectivity index (χ2v) is 8.25. The molecule has 0 aliphatic carbocycles. The van der Waals surface area contributed by atoms with E-state index in [9.17, 15) is 0 Å². The molecule has 21 heavy (non-hydrogen) atoms. The van der Waals surface area contributed by atoms with Gasteiger partial charge in [0.05, 0.1) is 0 Å². The number of nitrogens with zero attached hydrogens (tertiary/aromatic N) is 1. The van der Waals surface area contributed by atoms with Crippen LogP contribution in [0.5, 0.6) is 0 Å². The first kappa shape index (κ1) is 16.5. The first-order valence-corrected chi connectivity index (χ1v) is 8.27. The van der Waals surface area contributed by atoms with Gasteiger partial charge in [0.15, 0.2) is 0 Å². The van der Waals surface area contributed by atoms with E-state index in [0.717, 1.165) is 19.0 Å². The Morgan fingerprint density at radius 1 is 1.19 bits per heavy atom. The summed E-state index contributed by atoms with van der Waals surface area (Å²) in [4.78, 5) is 2.56. The van der Waals surface area contributed by atoms with Crippen molar-refractivity contribution < 1.29 is 0 Å². The molecule has 1 saturated heterocycles. The van der Waals surface area contributed by atoms with Crippen LogP contribution in [0.2, 0.25) is 0 Å².